The molecule has 7 heteroatoms. The number of nitrogens with one attached hydrogen (secondary N) is 2. The zero-order valence-electron chi connectivity index (χ0n) is 10.1. The number of rotatable bonds is 2. The summed E-state index contributed by atoms with van der Waals surface area (Å²) in [5.74, 6) is 0.837. The molecule has 0 radical (unpaired) electrons. The molecule has 0 atom stereocenters. The Morgan fingerprint density at radius 2 is 2.16 bits per heavy atom. The molecule has 0 bridgehead atoms. The topological polar surface area (TPSA) is 92.5 Å². The summed E-state index contributed by atoms with van der Waals surface area (Å²) in [5.41, 5.74) is 8.35. The van der Waals surface area contributed by atoms with E-state index in [0.717, 1.165) is 21.1 Å². The van der Waals surface area contributed by atoms with Gasteiger partial charge >= 0.3 is 0 Å². The number of benzene rings is 1. The Morgan fingerprint density at radius 1 is 1.32 bits per heavy atom. The number of halogens is 1. The highest BCUT2D eigenvalue weighted by Gasteiger charge is 2.10. The lowest BCUT2D eigenvalue weighted by Crippen LogP contribution is -2.01. The Kier molecular flexibility index (Phi) is 2.83. The third kappa shape index (κ3) is 2.12. The average Bonchev–Trinajstić information content (AvgIpc) is 2.83. The number of fused-ring (bicyclic) bond motifs is 1. The van der Waals surface area contributed by atoms with E-state index in [1.807, 2.05) is 25.1 Å². The fourth-order valence-electron chi connectivity index (χ4n) is 1.82. The van der Waals surface area contributed by atoms with Crippen LogP contribution in [0.2, 0.25) is 0 Å². The van der Waals surface area contributed by atoms with Gasteiger partial charge in [0.25, 0.3) is 0 Å². The van der Waals surface area contributed by atoms with Crippen molar-refractivity contribution < 1.29 is 0 Å². The smallest absolute Gasteiger partial charge is 0.224 e. The van der Waals surface area contributed by atoms with Crippen molar-refractivity contribution in [3.63, 3.8) is 0 Å². The van der Waals surface area contributed by atoms with Gasteiger partial charge < -0.3 is 11.1 Å². The number of aromatic amines is 1. The molecule has 0 aliphatic carbocycles. The van der Waals surface area contributed by atoms with Crippen LogP contribution in [0.3, 0.4) is 0 Å². The summed E-state index contributed by atoms with van der Waals surface area (Å²) >= 11 is 3.50. The van der Waals surface area contributed by atoms with Gasteiger partial charge in [-0.2, -0.15) is 15.1 Å². The maximum absolute atomic E-state index is 5.69. The van der Waals surface area contributed by atoms with Crippen LogP contribution in [0.5, 0.6) is 0 Å². The number of hydrogen-bond acceptors (Lipinski definition) is 5. The van der Waals surface area contributed by atoms with Gasteiger partial charge in [-0.25, -0.2) is 0 Å². The molecule has 2 heterocycles. The molecule has 4 N–H and O–H groups in total. The lowest BCUT2D eigenvalue weighted by molar-refractivity contribution is 1.09. The van der Waals surface area contributed by atoms with E-state index < -0.39 is 0 Å². The molecular formula is C12H11BrN6. The van der Waals surface area contributed by atoms with Crippen LogP contribution in [0, 0.1) is 6.92 Å². The van der Waals surface area contributed by atoms with Gasteiger partial charge in [0.2, 0.25) is 5.95 Å². The van der Waals surface area contributed by atoms with E-state index in [0.29, 0.717) is 11.5 Å². The Balaban J connectivity index is 2.10. The lowest BCUT2D eigenvalue weighted by atomic mass is 10.2. The van der Waals surface area contributed by atoms with Gasteiger partial charge in [-0.1, -0.05) is 22.0 Å². The Morgan fingerprint density at radius 3 is 3.00 bits per heavy atom. The molecule has 1 aromatic carbocycles. The number of nitrogens with two attached hydrogens (primary N) is 1. The minimum atomic E-state index is 0.201. The molecule has 0 amide bonds. The van der Waals surface area contributed by atoms with Crippen LogP contribution < -0.4 is 11.1 Å². The Labute approximate surface area is 117 Å². The van der Waals surface area contributed by atoms with E-state index in [1.54, 1.807) is 6.20 Å². The van der Waals surface area contributed by atoms with E-state index >= 15 is 0 Å². The predicted molar refractivity (Wildman–Crippen MR) is 78.3 cm³/mol. The van der Waals surface area contributed by atoms with Crippen LogP contribution in [0.25, 0.3) is 11.0 Å². The third-order valence-electron chi connectivity index (χ3n) is 2.85. The normalized spacial score (nSPS) is 10.8. The molecule has 2 aromatic heterocycles. The molecule has 0 saturated heterocycles. The predicted octanol–water partition coefficient (Wildman–Crippen LogP) is 2.75. The second-order valence-electron chi connectivity index (χ2n) is 4.10. The summed E-state index contributed by atoms with van der Waals surface area (Å²) in [7, 11) is 0. The second kappa shape index (κ2) is 4.51. The van der Waals surface area contributed by atoms with Gasteiger partial charge in [-0.3, -0.25) is 5.10 Å². The van der Waals surface area contributed by atoms with Gasteiger partial charge in [0.05, 0.1) is 11.6 Å². The highest BCUT2D eigenvalue weighted by Crippen LogP contribution is 2.28. The maximum atomic E-state index is 5.69. The first-order valence-electron chi connectivity index (χ1n) is 5.64. The molecule has 0 aliphatic heterocycles. The van der Waals surface area contributed by atoms with E-state index in [1.165, 1.54) is 0 Å². The Bertz CT molecular complexity index is 751. The number of nitrogens with zero attached hydrogens (tertiary/aromatic N) is 3. The van der Waals surface area contributed by atoms with Gasteiger partial charge in [-0.05, 0) is 24.6 Å². The summed E-state index contributed by atoms with van der Waals surface area (Å²) in [6.45, 7) is 2.02. The second-order valence-corrected chi connectivity index (χ2v) is 4.95. The zero-order valence-corrected chi connectivity index (χ0v) is 11.7. The molecule has 0 fully saturated rings. The van der Waals surface area contributed by atoms with Crippen molar-refractivity contribution >= 4 is 44.4 Å². The summed E-state index contributed by atoms with van der Waals surface area (Å²) < 4.78 is 1.03. The SMILES string of the molecule is Cc1c(Br)cccc1Nc1nc(N)nc2[nH]ncc12. The first-order chi connectivity index (χ1) is 9.15. The number of hydrogen-bond donors (Lipinski definition) is 3. The first kappa shape index (κ1) is 11.9. The van der Waals surface area contributed by atoms with Crippen LogP contribution in [-0.2, 0) is 0 Å². The summed E-state index contributed by atoms with van der Waals surface area (Å²) in [6.07, 6.45) is 1.67. The fourth-order valence-corrected chi connectivity index (χ4v) is 2.18. The van der Waals surface area contributed by atoms with Crippen LogP contribution in [0.15, 0.2) is 28.9 Å². The standard InChI is InChI=1S/C12H11BrN6/c1-6-8(13)3-2-4-9(6)16-10-7-5-15-19-11(7)18-12(14)17-10/h2-5H,1H3,(H4,14,15,16,17,18,19). The Hall–Kier alpha value is -2.15. The van der Waals surface area contributed by atoms with Gasteiger partial charge in [-0.15, -0.1) is 0 Å². The van der Waals surface area contributed by atoms with Crippen molar-refractivity contribution in [3.05, 3.63) is 34.4 Å². The fraction of sp³-hybridized carbons (Fsp3) is 0.0833. The average molecular weight is 319 g/mol. The van der Waals surface area contributed by atoms with E-state index in [2.05, 4.69) is 41.4 Å². The summed E-state index contributed by atoms with van der Waals surface area (Å²) in [6, 6.07) is 5.92. The van der Waals surface area contributed by atoms with Crippen molar-refractivity contribution in [2.75, 3.05) is 11.1 Å². The number of aromatic nitrogens is 4. The van der Waals surface area contributed by atoms with Crippen molar-refractivity contribution in [1.29, 1.82) is 0 Å². The molecule has 0 saturated carbocycles. The van der Waals surface area contributed by atoms with Crippen LogP contribution in [0.4, 0.5) is 17.5 Å². The summed E-state index contributed by atoms with van der Waals surface area (Å²) in [4.78, 5) is 8.30. The van der Waals surface area contributed by atoms with Crippen molar-refractivity contribution in [3.8, 4) is 0 Å². The van der Waals surface area contributed by atoms with Crippen LogP contribution >= 0.6 is 15.9 Å². The minimum absolute atomic E-state index is 0.201. The molecular weight excluding hydrogens is 308 g/mol. The van der Waals surface area contributed by atoms with Gasteiger partial charge in [0.15, 0.2) is 5.65 Å². The van der Waals surface area contributed by atoms with Crippen LogP contribution in [-0.4, -0.2) is 20.2 Å². The molecule has 3 rings (SSSR count). The molecule has 0 aliphatic rings. The number of anilines is 3. The first-order valence-corrected chi connectivity index (χ1v) is 6.43. The minimum Gasteiger partial charge on any atom is -0.368 e. The van der Waals surface area contributed by atoms with Crippen molar-refractivity contribution in [2.24, 2.45) is 0 Å². The highest BCUT2D eigenvalue weighted by atomic mass is 79.9. The van der Waals surface area contributed by atoms with Crippen molar-refractivity contribution in [2.45, 2.75) is 6.92 Å². The molecule has 3 aromatic rings. The third-order valence-corrected chi connectivity index (χ3v) is 3.71. The van der Waals surface area contributed by atoms with Gasteiger partial charge in [0.1, 0.15) is 5.82 Å². The van der Waals surface area contributed by atoms with E-state index in [-0.39, 0.29) is 5.95 Å². The molecule has 0 spiro atoms. The van der Waals surface area contributed by atoms with Gasteiger partial charge in [0, 0.05) is 10.2 Å². The number of nitrogen functional groups attached to an aromatic ring is 1. The molecule has 19 heavy (non-hydrogen) atoms. The van der Waals surface area contributed by atoms with Crippen LogP contribution in [0.1, 0.15) is 5.56 Å². The largest absolute Gasteiger partial charge is 0.368 e. The number of H-pyrrole nitrogens is 1. The van der Waals surface area contributed by atoms with Crippen molar-refractivity contribution in [1.82, 2.24) is 20.2 Å². The maximum Gasteiger partial charge on any atom is 0.224 e. The highest BCUT2D eigenvalue weighted by molar-refractivity contribution is 9.10. The molecule has 6 nitrogen and oxygen atoms in total. The lowest BCUT2D eigenvalue weighted by Gasteiger charge is -2.10. The molecule has 96 valence electrons. The van der Waals surface area contributed by atoms with E-state index in [9.17, 15) is 0 Å². The van der Waals surface area contributed by atoms with E-state index in [4.69, 9.17) is 5.73 Å². The zero-order chi connectivity index (χ0) is 13.4. The quantitative estimate of drug-likeness (QED) is 0.675. The monoisotopic (exact) mass is 318 g/mol. The summed E-state index contributed by atoms with van der Waals surface area (Å²) in [5, 5.41) is 10.8. The molecule has 0 unspecified atom stereocenters.